The van der Waals surface area contributed by atoms with Gasteiger partial charge in [0.05, 0.1) is 40.2 Å². The maximum Gasteiger partial charge on any atom is 0.241 e. The predicted molar refractivity (Wildman–Crippen MR) is 130 cm³/mol. The number of carbonyl (C=O) groups is 1. The Bertz CT molecular complexity index is 1130. The van der Waals surface area contributed by atoms with E-state index in [1.165, 1.54) is 7.11 Å². The molecule has 0 radical (unpaired) electrons. The van der Waals surface area contributed by atoms with Gasteiger partial charge in [-0.25, -0.2) is 0 Å². The quantitative estimate of drug-likeness (QED) is 0.363. The Morgan fingerprint density at radius 2 is 1.51 bits per heavy atom. The number of carbonyl (C=O) groups excluding carboxylic acids is 1. The second kappa shape index (κ2) is 12.3. The van der Waals surface area contributed by atoms with Crippen LogP contribution in [0.4, 0.5) is 5.69 Å². The first-order chi connectivity index (χ1) is 16.4. The van der Waals surface area contributed by atoms with Crippen molar-refractivity contribution in [3.05, 3.63) is 30.3 Å². The first-order valence-corrected chi connectivity index (χ1v) is 10.8. The van der Waals surface area contributed by atoms with Crippen LogP contribution in [0.15, 0.2) is 30.3 Å². The molecule has 190 valence electrons. The van der Waals surface area contributed by atoms with E-state index in [4.69, 9.17) is 24.7 Å². The molecule has 0 aliphatic rings. The topological polar surface area (TPSA) is 134 Å². The fourth-order valence-corrected chi connectivity index (χ4v) is 3.53. The number of anilines is 1. The fraction of sp³-hybridized carbons (Fsp3) is 0.375. The molecule has 0 saturated heterocycles. The van der Waals surface area contributed by atoms with Crippen molar-refractivity contribution in [2.24, 2.45) is 11.7 Å². The first-order valence-electron chi connectivity index (χ1n) is 10.8. The van der Waals surface area contributed by atoms with Crippen molar-refractivity contribution >= 4 is 11.6 Å². The highest BCUT2D eigenvalue weighted by molar-refractivity contribution is 5.97. The molecule has 2 aromatic carbocycles. The molecule has 1 amide bonds. The molecule has 1 aromatic heterocycles. The molecule has 4 N–H and O–H groups in total. The summed E-state index contributed by atoms with van der Waals surface area (Å²) in [6, 6.07) is 8.32. The molecule has 0 spiro atoms. The molecule has 0 bridgehead atoms. The number of benzene rings is 2. The normalized spacial score (nSPS) is 12.2. The lowest BCUT2D eigenvalue weighted by molar-refractivity contribution is -0.118. The summed E-state index contributed by atoms with van der Waals surface area (Å²) in [5, 5.41) is 14.2. The van der Waals surface area contributed by atoms with Crippen molar-refractivity contribution < 1.29 is 36.1 Å². The van der Waals surface area contributed by atoms with Crippen LogP contribution in [0.2, 0.25) is 0 Å². The van der Waals surface area contributed by atoms with Gasteiger partial charge in [-0.05, 0) is 36.2 Å². The third-order valence-electron chi connectivity index (χ3n) is 5.78. The number of amides is 1. The zero-order valence-corrected chi connectivity index (χ0v) is 21.4. The van der Waals surface area contributed by atoms with Crippen LogP contribution in [0.1, 0.15) is 20.3 Å². The number of methoxy groups -OCH3 is 4. The molecule has 10 nitrogen and oxygen atoms in total. The molecular formula is C24H31ClN5O5-. The van der Waals surface area contributed by atoms with Crippen molar-refractivity contribution in [1.29, 1.82) is 0 Å². The van der Waals surface area contributed by atoms with E-state index >= 15 is 0 Å². The third kappa shape index (κ3) is 5.77. The summed E-state index contributed by atoms with van der Waals surface area (Å²) in [5.41, 5.74) is 9.15. The minimum absolute atomic E-state index is 0. The molecule has 0 aliphatic carbocycles. The molecule has 2 atom stereocenters. The Hall–Kier alpha value is -3.50. The zero-order valence-electron chi connectivity index (χ0n) is 20.6. The van der Waals surface area contributed by atoms with Crippen molar-refractivity contribution in [3.8, 4) is 45.5 Å². The van der Waals surface area contributed by atoms with E-state index in [-0.39, 0.29) is 24.2 Å². The van der Waals surface area contributed by atoms with Crippen LogP contribution in [-0.2, 0) is 4.79 Å². The smallest absolute Gasteiger partial charge is 0.241 e. The molecule has 2 unspecified atom stereocenters. The number of nitrogens with zero attached hydrogens (tertiary/aromatic N) is 2. The van der Waals surface area contributed by atoms with Crippen molar-refractivity contribution in [2.75, 3.05) is 33.8 Å². The number of H-pyrrole nitrogens is 1. The maximum absolute atomic E-state index is 12.7. The number of hydrogen-bond acceptors (Lipinski definition) is 8. The molecule has 0 saturated carbocycles. The van der Waals surface area contributed by atoms with E-state index in [1.807, 2.05) is 19.9 Å². The van der Waals surface area contributed by atoms with Gasteiger partial charge in [0.2, 0.25) is 11.7 Å². The van der Waals surface area contributed by atoms with Crippen molar-refractivity contribution in [1.82, 2.24) is 15.4 Å². The Kier molecular flexibility index (Phi) is 9.73. The van der Waals surface area contributed by atoms with Crippen LogP contribution < -0.4 is 42.4 Å². The van der Waals surface area contributed by atoms with E-state index in [2.05, 4.69) is 20.7 Å². The Morgan fingerprint density at radius 1 is 0.943 bits per heavy atom. The second-order valence-electron chi connectivity index (χ2n) is 7.75. The van der Waals surface area contributed by atoms with E-state index in [0.29, 0.717) is 51.2 Å². The summed E-state index contributed by atoms with van der Waals surface area (Å²) in [6.45, 7) is 3.94. The molecule has 0 aliphatic heterocycles. The molecule has 3 aromatic rings. The van der Waals surface area contributed by atoms with Crippen LogP contribution >= 0.6 is 0 Å². The number of aromatic amines is 1. The predicted octanol–water partition coefficient (Wildman–Crippen LogP) is 0.489. The number of ether oxygens (including phenoxy) is 4. The van der Waals surface area contributed by atoms with Gasteiger partial charge in [0, 0.05) is 11.1 Å². The van der Waals surface area contributed by atoms with Crippen LogP contribution in [-0.4, -0.2) is 55.8 Å². The van der Waals surface area contributed by atoms with Gasteiger partial charge in [0.1, 0.15) is 17.1 Å². The average molecular weight is 505 g/mol. The number of aromatic nitrogens is 3. The van der Waals surface area contributed by atoms with Crippen LogP contribution in [0.5, 0.6) is 23.0 Å². The molecule has 35 heavy (non-hydrogen) atoms. The summed E-state index contributed by atoms with van der Waals surface area (Å²) in [4.78, 5) is 12.7. The molecule has 11 heteroatoms. The Balaban J connectivity index is 0.00000432. The lowest BCUT2D eigenvalue weighted by Gasteiger charge is -2.19. The summed E-state index contributed by atoms with van der Waals surface area (Å²) in [5.74, 6) is 1.73. The summed E-state index contributed by atoms with van der Waals surface area (Å²) >= 11 is 0. The van der Waals surface area contributed by atoms with Crippen molar-refractivity contribution in [3.63, 3.8) is 0 Å². The fourth-order valence-electron chi connectivity index (χ4n) is 3.53. The lowest BCUT2D eigenvalue weighted by Crippen LogP contribution is -3.00. The van der Waals surface area contributed by atoms with Crippen LogP contribution in [0.25, 0.3) is 22.5 Å². The summed E-state index contributed by atoms with van der Waals surface area (Å²) < 4.78 is 21.8. The number of nitrogens with one attached hydrogen (secondary N) is 2. The highest BCUT2D eigenvalue weighted by Crippen LogP contribution is 2.42. The van der Waals surface area contributed by atoms with Crippen LogP contribution in [0, 0.1) is 5.92 Å². The van der Waals surface area contributed by atoms with Gasteiger partial charge in [0.25, 0.3) is 0 Å². The molecule has 1 heterocycles. The van der Waals surface area contributed by atoms with Gasteiger partial charge in [0.15, 0.2) is 11.5 Å². The van der Waals surface area contributed by atoms with Gasteiger partial charge in [-0.3, -0.25) is 4.79 Å². The molecule has 0 fully saturated rings. The number of nitrogens with two attached hydrogens (primary N) is 1. The highest BCUT2D eigenvalue weighted by Gasteiger charge is 2.23. The molecular weight excluding hydrogens is 474 g/mol. The second-order valence-corrected chi connectivity index (χ2v) is 7.75. The van der Waals surface area contributed by atoms with Gasteiger partial charge in [-0.15, -0.1) is 0 Å². The summed E-state index contributed by atoms with van der Waals surface area (Å²) in [7, 11) is 6.18. The Morgan fingerprint density at radius 3 is 2.03 bits per heavy atom. The standard InChI is InChI=1S/C24H31N5O5.ClH/c1-7-13(2)20(25)24(30)26-16-10-14(8-9-17(16)31-3)21-22(28-29-27-21)15-11-18(32-4)23(34-6)19(12-15)33-5;/h8-13,20H,7,25H2,1-6H3,(H,26,30)(H,27,28,29);1H/p-1. The monoisotopic (exact) mass is 504 g/mol. The van der Waals surface area contributed by atoms with E-state index < -0.39 is 6.04 Å². The molecule has 3 rings (SSSR count). The summed E-state index contributed by atoms with van der Waals surface area (Å²) in [6.07, 6.45) is 0.794. The van der Waals surface area contributed by atoms with Gasteiger partial charge >= 0.3 is 0 Å². The van der Waals surface area contributed by atoms with Gasteiger partial charge in [-0.1, -0.05) is 20.3 Å². The lowest BCUT2D eigenvalue weighted by atomic mass is 9.99. The zero-order chi connectivity index (χ0) is 24.8. The number of rotatable bonds is 10. The van der Waals surface area contributed by atoms with Gasteiger partial charge < -0.3 is 42.4 Å². The van der Waals surface area contributed by atoms with E-state index in [1.54, 1.807) is 45.6 Å². The Labute approximate surface area is 210 Å². The average Bonchev–Trinajstić information content (AvgIpc) is 3.36. The SMILES string of the molecule is CCC(C)C(N)C(=O)Nc1cc(-c2n[nH]nc2-c2cc(OC)c(OC)c(OC)c2)ccc1OC.[Cl-]. The van der Waals surface area contributed by atoms with Crippen LogP contribution in [0.3, 0.4) is 0 Å². The van der Waals surface area contributed by atoms with E-state index in [0.717, 1.165) is 6.42 Å². The minimum atomic E-state index is -0.639. The highest BCUT2D eigenvalue weighted by atomic mass is 35.5. The number of halogens is 1. The van der Waals surface area contributed by atoms with Gasteiger partial charge in [-0.2, -0.15) is 15.4 Å². The maximum atomic E-state index is 12.7. The van der Waals surface area contributed by atoms with E-state index in [9.17, 15) is 4.79 Å². The third-order valence-corrected chi connectivity index (χ3v) is 5.78. The largest absolute Gasteiger partial charge is 1.00 e. The first kappa shape index (κ1) is 27.7. The number of hydrogen-bond donors (Lipinski definition) is 3. The minimum Gasteiger partial charge on any atom is -1.00 e. The van der Waals surface area contributed by atoms with Crippen molar-refractivity contribution in [2.45, 2.75) is 26.3 Å².